The molecule has 0 radical (unpaired) electrons. The number of carbonyl (C=O) groups excluding carboxylic acids is 2. The summed E-state index contributed by atoms with van der Waals surface area (Å²) >= 11 is 0. The van der Waals surface area contributed by atoms with E-state index in [1.54, 1.807) is 55.5 Å². The molecule has 28 heavy (non-hydrogen) atoms. The number of ether oxygens (including phenoxy) is 1. The third-order valence-electron chi connectivity index (χ3n) is 4.45. The van der Waals surface area contributed by atoms with Crippen molar-refractivity contribution in [1.82, 2.24) is 10.2 Å². The molecule has 0 saturated carbocycles. The van der Waals surface area contributed by atoms with Crippen LogP contribution in [0.5, 0.6) is 5.75 Å². The Hall–Kier alpha value is -3.33. The van der Waals surface area contributed by atoms with Crippen molar-refractivity contribution >= 4 is 11.8 Å². The lowest BCUT2D eigenvalue weighted by Gasteiger charge is -2.27. The molecule has 6 nitrogen and oxygen atoms in total. The number of amides is 2. The number of likely N-dealkylation sites (N-methyl/N-ethyl adjacent to an activating group) is 1. The van der Waals surface area contributed by atoms with Crippen LogP contribution in [0.4, 0.5) is 0 Å². The second kappa shape index (κ2) is 9.56. The van der Waals surface area contributed by atoms with Crippen LogP contribution < -0.4 is 10.1 Å². The lowest BCUT2D eigenvalue weighted by molar-refractivity contribution is -0.133. The fourth-order valence-electron chi connectivity index (χ4n) is 2.75. The molecule has 0 aromatic heterocycles. The maximum atomic E-state index is 12.9. The summed E-state index contributed by atoms with van der Waals surface area (Å²) in [6.07, 6.45) is 0. The van der Waals surface area contributed by atoms with Crippen LogP contribution in [-0.4, -0.2) is 36.9 Å². The van der Waals surface area contributed by atoms with Crippen molar-refractivity contribution in [1.29, 1.82) is 5.26 Å². The average Bonchev–Trinajstić information content (AvgIpc) is 2.71. The van der Waals surface area contributed by atoms with Gasteiger partial charge in [0.2, 0.25) is 5.91 Å². The Bertz CT molecular complexity index is 852. The van der Waals surface area contributed by atoms with Crippen molar-refractivity contribution < 1.29 is 14.3 Å². The summed E-state index contributed by atoms with van der Waals surface area (Å²) in [5.74, 6) is 0.121. The number of nitrogens with one attached hydrogen (secondary N) is 1. The van der Waals surface area contributed by atoms with Crippen LogP contribution in [0.15, 0.2) is 48.5 Å². The van der Waals surface area contributed by atoms with E-state index in [0.717, 1.165) is 5.56 Å². The fraction of sp³-hybridized carbons (Fsp3) is 0.318. The van der Waals surface area contributed by atoms with E-state index < -0.39 is 6.04 Å². The van der Waals surface area contributed by atoms with Crippen molar-refractivity contribution in [3.05, 3.63) is 65.2 Å². The third-order valence-corrected chi connectivity index (χ3v) is 4.45. The molecule has 146 valence electrons. The maximum Gasteiger partial charge on any atom is 0.251 e. The van der Waals surface area contributed by atoms with Crippen molar-refractivity contribution in [2.75, 3.05) is 14.2 Å². The third kappa shape index (κ3) is 5.34. The quantitative estimate of drug-likeness (QED) is 0.802. The molecule has 2 aromatic carbocycles. The van der Waals surface area contributed by atoms with Crippen LogP contribution in [-0.2, 0) is 11.3 Å². The average molecular weight is 379 g/mol. The molecule has 0 heterocycles. The molecule has 0 aliphatic rings. The van der Waals surface area contributed by atoms with Crippen LogP contribution in [0.2, 0.25) is 0 Å². The van der Waals surface area contributed by atoms with Crippen molar-refractivity contribution in [2.24, 2.45) is 5.92 Å². The zero-order valence-corrected chi connectivity index (χ0v) is 16.6. The van der Waals surface area contributed by atoms with Gasteiger partial charge in [-0.1, -0.05) is 26.0 Å². The van der Waals surface area contributed by atoms with Gasteiger partial charge >= 0.3 is 0 Å². The lowest BCUT2D eigenvalue weighted by atomic mass is 10.0. The van der Waals surface area contributed by atoms with Gasteiger partial charge in [-0.25, -0.2) is 0 Å². The largest absolute Gasteiger partial charge is 0.497 e. The van der Waals surface area contributed by atoms with Gasteiger partial charge < -0.3 is 15.0 Å². The van der Waals surface area contributed by atoms with E-state index in [-0.39, 0.29) is 17.7 Å². The minimum atomic E-state index is -0.641. The Morgan fingerprint density at radius 2 is 1.71 bits per heavy atom. The molecule has 0 fully saturated rings. The van der Waals surface area contributed by atoms with Gasteiger partial charge in [0.25, 0.3) is 5.91 Å². The maximum absolute atomic E-state index is 12.9. The Balaban J connectivity index is 2.07. The number of nitrogens with zero attached hydrogens (tertiary/aromatic N) is 2. The molecule has 2 rings (SSSR count). The summed E-state index contributed by atoms with van der Waals surface area (Å²) < 4.78 is 5.10. The van der Waals surface area contributed by atoms with Gasteiger partial charge in [0, 0.05) is 19.2 Å². The predicted octanol–water partition coefficient (Wildman–Crippen LogP) is 2.98. The van der Waals surface area contributed by atoms with Crippen LogP contribution >= 0.6 is 0 Å². The number of benzene rings is 2. The molecule has 0 aliphatic carbocycles. The smallest absolute Gasteiger partial charge is 0.251 e. The SMILES string of the molecule is COc1ccc(C(=O)NC(C(=O)N(C)Cc2ccc(C#N)cc2)C(C)C)cc1. The van der Waals surface area contributed by atoms with Gasteiger partial charge in [-0.3, -0.25) is 9.59 Å². The van der Waals surface area contributed by atoms with Crippen LogP contribution in [0, 0.1) is 17.2 Å². The first-order chi connectivity index (χ1) is 13.3. The molecule has 1 N–H and O–H groups in total. The van der Waals surface area contributed by atoms with E-state index in [0.29, 0.717) is 23.4 Å². The molecule has 2 aromatic rings. The van der Waals surface area contributed by atoms with Gasteiger partial charge in [-0.15, -0.1) is 0 Å². The highest BCUT2D eigenvalue weighted by molar-refractivity contribution is 5.97. The molecule has 1 unspecified atom stereocenters. The van der Waals surface area contributed by atoms with E-state index in [4.69, 9.17) is 10.00 Å². The first-order valence-electron chi connectivity index (χ1n) is 9.04. The summed E-state index contributed by atoms with van der Waals surface area (Å²) in [7, 11) is 3.27. The Morgan fingerprint density at radius 1 is 1.11 bits per heavy atom. The first-order valence-corrected chi connectivity index (χ1v) is 9.04. The Labute approximate surface area is 165 Å². The zero-order valence-electron chi connectivity index (χ0n) is 16.6. The molecular formula is C22H25N3O3. The Kier molecular flexibility index (Phi) is 7.16. The molecule has 0 bridgehead atoms. The molecule has 0 saturated heterocycles. The van der Waals surface area contributed by atoms with Gasteiger partial charge in [-0.2, -0.15) is 5.26 Å². The van der Waals surface area contributed by atoms with Crippen molar-refractivity contribution in [3.8, 4) is 11.8 Å². The highest BCUT2D eigenvalue weighted by Gasteiger charge is 2.27. The predicted molar refractivity (Wildman–Crippen MR) is 107 cm³/mol. The number of hydrogen-bond acceptors (Lipinski definition) is 4. The minimum absolute atomic E-state index is 0.0712. The van der Waals surface area contributed by atoms with Crippen LogP contribution in [0.3, 0.4) is 0 Å². The summed E-state index contributed by atoms with van der Waals surface area (Å²) in [4.78, 5) is 27.1. The number of carbonyl (C=O) groups is 2. The highest BCUT2D eigenvalue weighted by atomic mass is 16.5. The van der Waals surface area contributed by atoms with E-state index in [9.17, 15) is 9.59 Å². The summed E-state index contributed by atoms with van der Waals surface area (Å²) in [5, 5.41) is 11.7. The summed E-state index contributed by atoms with van der Waals surface area (Å²) in [5.41, 5.74) is 1.96. The fourth-order valence-corrected chi connectivity index (χ4v) is 2.75. The number of hydrogen-bond donors (Lipinski definition) is 1. The van der Waals surface area contributed by atoms with Gasteiger partial charge in [-0.05, 0) is 47.9 Å². The van der Waals surface area contributed by atoms with Crippen LogP contribution in [0.25, 0.3) is 0 Å². The monoisotopic (exact) mass is 379 g/mol. The minimum Gasteiger partial charge on any atom is -0.497 e. The Morgan fingerprint density at radius 3 is 2.21 bits per heavy atom. The van der Waals surface area contributed by atoms with E-state index in [2.05, 4.69) is 11.4 Å². The topological polar surface area (TPSA) is 82.4 Å². The molecule has 0 aliphatic heterocycles. The van der Waals surface area contributed by atoms with Gasteiger partial charge in [0.15, 0.2) is 0 Å². The molecule has 0 spiro atoms. The van der Waals surface area contributed by atoms with E-state index in [1.165, 1.54) is 0 Å². The van der Waals surface area contributed by atoms with Gasteiger partial charge in [0.05, 0.1) is 18.7 Å². The standard InChI is InChI=1S/C22H25N3O3/c1-15(2)20(24-21(26)18-9-11-19(28-4)12-10-18)22(27)25(3)14-17-7-5-16(13-23)6-8-17/h5-12,15,20H,14H2,1-4H3,(H,24,26). The van der Waals surface area contributed by atoms with Crippen LogP contribution in [0.1, 0.15) is 35.3 Å². The molecule has 1 atom stereocenters. The van der Waals surface area contributed by atoms with E-state index >= 15 is 0 Å². The molecule has 2 amide bonds. The summed E-state index contributed by atoms with van der Waals surface area (Å²) in [6, 6.07) is 15.3. The van der Waals surface area contributed by atoms with Gasteiger partial charge in [0.1, 0.15) is 11.8 Å². The molecular weight excluding hydrogens is 354 g/mol. The van der Waals surface area contributed by atoms with Crippen molar-refractivity contribution in [2.45, 2.75) is 26.4 Å². The normalized spacial score (nSPS) is 11.4. The van der Waals surface area contributed by atoms with Crippen molar-refractivity contribution in [3.63, 3.8) is 0 Å². The second-order valence-electron chi connectivity index (χ2n) is 6.93. The number of methoxy groups -OCH3 is 1. The molecule has 6 heteroatoms. The van der Waals surface area contributed by atoms with E-state index in [1.807, 2.05) is 26.0 Å². The summed E-state index contributed by atoms with van der Waals surface area (Å²) in [6.45, 7) is 4.19. The first kappa shape index (κ1) is 21.0. The second-order valence-corrected chi connectivity index (χ2v) is 6.93. The number of nitriles is 1. The zero-order chi connectivity index (χ0) is 20.7. The highest BCUT2D eigenvalue weighted by Crippen LogP contribution is 2.14. The number of rotatable bonds is 7. The lowest BCUT2D eigenvalue weighted by Crippen LogP contribution is -2.50.